The first-order valence-electron chi connectivity index (χ1n) is 10.0. The van der Waals surface area contributed by atoms with Crippen molar-refractivity contribution in [2.24, 2.45) is 0 Å². The van der Waals surface area contributed by atoms with Gasteiger partial charge in [-0.2, -0.15) is 0 Å². The molecule has 0 spiro atoms. The molecule has 0 saturated carbocycles. The van der Waals surface area contributed by atoms with E-state index in [0.29, 0.717) is 31.7 Å². The predicted molar refractivity (Wildman–Crippen MR) is 113 cm³/mol. The fraction of sp³-hybridized carbons (Fsp3) is 0.304. The van der Waals surface area contributed by atoms with Crippen LogP contribution < -0.4 is 9.64 Å². The maximum absolute atomic E-state index is 12.6. The largest absolute Gasteiger partial charge is 0.573 e. The van der Waals surface area contributed by atoms with Gasteiger partial charge in [-0.1, -0.05) is 30.3 Å². The number of carbonyl (C=O) groups is 2. The number of benzene rings is 2. The SMILES string of the molecule is CC(OC(=O)/C=C/c1ccc(OC(F)(F)F)cc1)C(=O)N1CCN(c2ccccc2)CC1. The molecule has 1 saturated heterocycles. The normalized spacial score (nSPS) is 15.5. The number of anilines is 1. The Bertz CT molecular complexity index is 938. The van der Waals surface area contributed by atoms with Gasteiger partial charge in [0.25, 0.3) is 5.91 Å². The minimum atomic E-state index is -4.77. The van der Waals surface area contributed by atoms with Gasteiger partial charge in [0.1, 0.15) is 5.75 Å². The molecule has 0 aromatic heterocycles. The van der Waals surface area contributed by atoms with E-state index < -0.39 is 18.4 Å². The highest BCUT2D eigenvalue weighted by Gasteiger charge is 2.31. The first kappa shape index (κ1) is 23.2. The van der Waals surface area contributed by atoms with Crippen molar-refractivity contribution in [2.45, 2.75) is 19.4 Å². The lowest BCUT2D eigenvalue weighted by atomic mass is 10.2. The van der Waals surface area contributed by atoms with Crippen LogP contribution in [0.5, 0.6) is 5.75 Å². The summed E-state index contributed by atoms with van der Waals surface area (Å²) in [5, 5.41) is 0. The van der Waals surface area contributed by atoms with Crippen molar-refractivity contribution >= 4 is 23.6 Å². The molecule has 1 atom stereocenters. The van der Waals surface area contributed by atoms with Crippen molar-refractivity contribution in [3.63, 3.8) is 0 Å². The van der Waals surface area contributed by atoms with Gasteiger partial charge in [-0.3, -0.25) is 4.79 Å². The maximum Gasteiger partial charge on any atom is 0.573 e. The third kappa shape index (κ3) is 6.76. The highest BCUT2D eigenvalue weighted by molar-refractivity contribution is 5.90. The molecular formula is C23H23F3N2O4. The first-order valence-corrected chi connectivity index (χ1v) is 10.0. The van der Waals surface area contributed by atoms with Crippen molar-refractivity contribution in [3.05, 3.63) is 66.2 Å². The van der Waals surface area contributed by atoms with Gasteiger partial charge in [0.15, 0.2) is 6.10 Å². The van der Waals surface area contributed by atoms with Gasteiger partial charge < -0.3 is 19.3 Å². The van der Waals surface area contributed by atoms with Crippen LogP contribution in [0, 0.1) is 0 Å². The third-order valence-corrected chi connectivity index (χ3v) is 4.88. The number of ether oxygens (including phenoxy) is 2. The van der Waals surface area contributed by atoms with E-state index in [2.05, 4.69) is 9.64 Å². The van der Waals surface area contributed by atoms with E-state index in [4.69, 9.17) is 4.74 Å². The fourth-order valence-electron chi connectivity index (χ4n) is 3.29. The number of hydrogen-bond donors (Lipinski definition) is 0. The summed E-state index contributed by atoms with van der Waals surface area (Å²) in [6, 6.07) is 14.9. The van der Waals surface area contributed by atoms with E-state index in [1.165, 1.54) is 25.1 Å². The zero-order valence-electron chi connectivity index (χ0n) is 17.4. The van der Waals surface area contributed by atoms with E-state index in [1.807, 2.05) is 30.3 Å². The Balaban J connectivity index is 1.46. The van der Waals surface area contributed by atoms with E-state index >= 15 is 0 Å². The van der Waals surface area contributed by atoms with Crippen LogP contribution >= 0.6 is 0 Å². The summed E-state index contributed by atoms with van der Waals surface area (Å²) in [5.41, 5.74) is 1.58. The average molecular weight is 448 g/mol. The Morgan fingerprint density at radius 3 is 2.19 bits per heavy atom. The van der Waals surface area contributed by atoms with E-state index in [9.17, 15) is 22.8 Å². The Kier molecular flexibility index (Phi) is 7.40. The van der Waals surface area contributed by atoms with Crippen LogP contribution in [0.4, 0.5) is 18.9 Å². The number of alkyl halides is 3. The zero-order valence-corrected chi connectivity index (χ0v) is 17.4. The number of piperazine rings is 1. The van der Waals surface area contributed by atoms with Crippen molar-refractivity contribution in [1.82, 2.24) is 4.90 Å². The molecular weight excluding hydrogens is 425 g/mol. The molecule has 1 heterocycles. The molecule has 1 aliphatic heterocycles. The summed E-state index contributed by atoms with van der Waals surface area (Å²) in [4.78, 5) is 28.5. The topological polar surface area (TPSA) is 59.1 Å². The van der Waals surface area contributed by atoms with Crippen LogP contribution in [0.25, 0.3) is 6.08 Å². The first-order chi connectivity index (χ1) is 15.2. The standard InChI is InChI=1S/C23H23F3N2O4/c1-17(22(30)28-15-13-27(14-16-28)19-5-3-2-4-6-19)31-21(29)12-9-18-7-10-20(11-8-18)32-23(24,25)26/h2-12,17H,13-16H2,1H3/b12-9+. The number of amides is 1. The van der Waals surface area contributed by atoms with Gasteiger partial charge in [-0.25, -0.2) is 4.79 Å². The highest BCUT2D eigenvalue weighted by Crippen LogP contribution is 2.23. The number of hydrogen-bond acceptors (Lipinski definition) is 5. The highest BCUT2D eigenvalue weighted by atomic mass is 19.4. The molecule has 0 bridgehead atoms. The summed E-state index contributed by atoms with van der Waals surface area (Å²) < 4.78 is 45.5. The molecule has 0 radical (unpaired) electrons. The Labute approximate surface area is 183 Å². The lowest BCUT2D eigenvalue weighted by molar-refractivity contribution is -0.274. The monoisotopic (exact) mass is 448 g/mol. The fourth-order valence-corrected chi connectivity index (χ4v) is 3.29. The Hall–Kier alpha value is -3.49. The van der Waals surface area contributed by atoms with Gasteiger partial charge in [0.05, 0.1) is 0 Å². The second-order valence-electron chi connectivity index (χ2n) is 7.18. The zero-order chi connectivity index (χ0) is 23.1. The van der Waals surface area contributed by atoms with Crippen molar-refractivity contribution in [1.29, 1.82) is 0 Å². The molecule has 1 aliphatic rings. The smallest absolute Gasteiger partial charge is 0.449 e. The number of para-hydroxylation sites is 1. The molecule has 0 aliphatic carbocycles. The molecule has 2 aromatic carbocycles. The van der Waals surface area contributed by atoms with E-state index in [-0.39, 0.29) is 11.7 Å². The summed E-state index contributed by atoms with van der Waals surface area (Å²) in [5.74, 6) is -1.35. The number of halogens is 3. The van der Waals surface area contributed by atoms with Crippen LogP contribution in [0.3, 0.4) is 0 Å². The molecule has 2 aromatic rings. The quantitative estimate of drug-likeness (QED) is 0.496. The van der Waals surface area contributed by atoms with Gasteiger partial charge in [0.2, 0.25) is 0 Å². The predicted octanol–water partition coefficient (Wildman–Crippen LogP) is 3.88. The van der Waals surface area contributed by atoms with E-state index in [0.717, 1.165) is 23.9 Å². The molecule has 9 heteroatoms. The third-order valence-electron chi connectivity index (χ3n) is 4.88. The summed E-state index contributed by atoms with van der Waals surface area (Å²) in [6.07, 6.45) is -3.21. The van der Waals surface area contributed by atoms with Crippen LogP contribution in [-0.2, 0) is 14.3 Å². The molecule has 0 N–H and O–H groups in total. The minimum Gasteiger partial charge on any atom is -0.449 e. The summed E-state index contributed by atoms with van der Waals surface area (Å²) >= 11 is 0. The van der Waals surface area contributed by atoms with Crippen molar-refractivity contribution in [2.75, 3.05) is 31.1 Å². The summed E-state index contributed by atoms with van der Waals surface area (Å²) in [7, 11) is 0. The van der Waals surface area contributed by atoms with E-state index in [1.54, 1.807) is 4.90 Å². The van der Waals surface area contributed by atoms with Crippen molar-refractivity contribution in [3.8, 4) is 5.75 Å². The minimum absolute atomic E-state index is 0.270. The van der Waals surface area contributed by atoms with Crippen molar-refractivity contribution < 1.29 is 32.2 Å². The molecule has 170 valence electrons. The second kappa shape index (κ2) is 10.2. The maximum atomic E-state index is 12.6. The molecule has 3 rings (SSSR count). The number of carbonyl (C=O) groups excluding carboxylic acids is 2. The number of rotatable bonds is 6. The number of esters is 1. The van der Waals surface area contributed by atoms with Crippen LogP contribution in [-0.4, -0.2) is 55.4 Å². The Morgan fingerprint density at radius 1 is 0.969 bits per heavy atom. The lowest BCUT2D eigenvalue weighted by Gasteiger charge is -2.36. The van der Waals surface area contributed by atoms with Gasteiger partial charge in [-0.15, -0.1) is 13.2 Å². The van der Waals surface area contributed by atoms with Crippen LogP contribution in [0.15, 0.2) is 60.7 Å². The second-order valence-corrected chi connectivity index (χ2v) is 7.18. The molecule has 32 heavy (non-hydrogen) atoms. The van der Waals surface area contributed by atoms with Gasteiger partial charge in [-0.05, 0) is 42.8 Å². The molecule has 1 unspecified atom stereocenters. The molecule has 1 fully saturated rings. The van der Waals surface area contributed by atoms with Crippen LogP contribution in [0.1, 0.15) is 12.5 Å². The Morgan fingerprint density at radius 2 is 1.59 bits per heavy atom. The van der Waals surface area contributed by atoms with Gasteiger partial charge >= 0.3 is 12.3 Å². The number of nitrogens with zero attached hydrogens (tertiary/aromatic N) is 2. The van der Waals surface area contributed by atoms with Crippen LogP contribution in [0.2, 0.25) is 0 Å². The van der Waals surface area contributed by atoms with Gasteiger partial charge in [0, 0.05) is 37.9 Å². The average Bonchev–Trinajstić information content (AvgIpc) is 2.78. The summed E-state index contributed by atoms with van der Waals surface area (Å²) in [6.45, 7) is 3.94. The molecule has 1 amide bonds. The molecule has 6 nitrogen and oxygen atoms in total. The lowest BCUT2D eigenvalue weighted by Crippen LogP contribution is -2.51.